The van der Waals surface area contributed by atoms with E-state index in [2.05, 4.69) is 17.2 Å². The predicted molar refractivity (Wildman–Crippen MR) is 94.5 cm³/mol. The average Bonchev–Trinajstić information content (AvgIpc) is 2.55. The maximum atomic E-state index is 12.1. The number of aryl methyl sites for hydroxylation is 2. The number of carbonyl (C=O) groups is 1. The minimum atomic E-state index is -0.0152. The van der Waals surface area contributed by atoms with Gasteiger partial charge in [0.15, 0.2) is 0 Å². The van der Waals surface area contributed by atoms with Crippen molar-refractivity contribution in [3.63, 3.8) is 0 Å². The quantitative estimate of drug-likeness (QED) is 0.804. The molecule has 0 saturated heterocycles. The number of nitrogens with one attached hydrogen (secondary N) is 1. The van der Waals surface area contributed by atoms with Crippen molar-refractivity contribution in [1.82, 2.24) is 10.3 Å². The largest absolute Gasteiger partial charge is 0.348 e. The van der Waals surface area contributed by atoms with Gasteiger partial charge in [-0.05, 0) is 55.5 Å². The second-order valence-corrected chi connectivity index (χ2v) is 6.21. The highest BCUT2D eigenvalue weighted by molar-refractivity contribution is 6.30. The number of hydrogen-bond acceptors (Lipinski definition) is 2. The summed E-state index contributed by atoms with van der Waals surface area (Å²) >= 11 is 5.87. The van der Waals surface area contributed by atoms with Crippen LogP contribution in [0.15, 0.2) is 42.6 Å². The number of rotatable bonds is 7. The van der Waals surface area contributed by atoms with Gasteiger partial charge in [0.05, 0.1) is 11.7 Å². The highest BCUT2D eigenvalue weighted by Crippen LogP contribution is 2.15. The van der Waals surface area contributed by atoms with Gasteiger partial charge in [-0.2, -0.15) is 0 Å². The Morgan fingerprint density at radius 3 is 2.57 bits per heavy atom. The van der Waals surface area contributed by atoms with Crippen molar-refractivity contribution in [2.24, 2.45) is 0 Å². The fraction of sp³-hybridized carbons (Fsp3) is 0.368. The average molecular weight is 331 g/mol. The summed E-state index contributed by atoms with van der Waals surface area (Å²) in [6, 6.07) is 11.8. The van der Waals surface area contributed by atoms with Crippen LogP contribution >= 0.6 is 11.6 Å². The van der Waals surface area contributed by atoms with Crippen molar-refractivity contribution in [1.29, 1.82) is 0 Å². The Morgan fingerprint density at radius 1 is 1.22 bits per heavy atom. The zero-order valence-electron chi connectivity index (χ0n) is 13.7. The molecule has 1 aromatic carbocycles. The number of nitrogens with zero attached hydrogens (tertiary/aromatic N) is 1. The van der Waals surface area contributed by atoms with Crippen LogP contribution in [0.4, 0.5) is 0 Å². The molecule has 0 aliphatic rings. The van der Waals surface area contributed by atoms with Gasteiger partial charge in [-0.3, -0.25) is 9.78 Å². The van der Waals surface area contributed by atoms with Crippen LogP contribution < -0.4 is 5.32 Å². The van der Waals surface area contributed by atoms with E-state index in [1.165, 1.54) is 5.56 Å². The zero-order valence-corrected chi connectivity index (χ0v) is 14.4. The van der Waals surface area contributed by atoms with E-state index in [1.54, 1.807) is 0 Å². The molecular weight excluding hydrogens is 308 g/mol. The van der Waals surface area contributed by atoms with Gasteiger partial charge in [0.1, 0.15) is 0 Å². The van der Waals surface area contributed by atoms with Crippen molar-refractivity contribution in [3.8, 4) is 0 Å². The molecule has 0 fully saturated rings. The van der Waals surface area contributed by atoms with E-state index in [9.17, 15) is 4.79 Å². The van der Waals surface area contributed by atoms with Gasteiger partial charge in [0.25, 0.3) is 0 Å². The van der Waals surface area contributed by atoms with Crippen LogP contribution in [0.1, 0.15) is 49.0 Å². The first kappa shape index (κ1) is 17.5. The summed E-state index contributed by atoms with van der Waals surface area (Å²) < 4.78 is 0. The van der Waals surface area contributed by atoms with Gasteiger partial charge in [0.2, 0.25) is 5.91 Å². The van der Waals surface area contributed by atoms with Gasteiger partial charge in [0, 0.05) is 17.6 Å². The predicted octanol–water partition coefficient (Wildman–Crippen LogP) is 4.63. The fourth-order valence-corrected chi connectivity index (χ4v) is 2.57. The minimum Gasteiger partial charge on any atom is -0.348 e. The summed E-state index contributed by atoms with van der Waals surface area (Å²) in [7, 11) is 0. The van der Waals surface area contributed by atoms with E-state index in [0.29, 0.717) is 6.42 Å². The fourth-order valence-electron chi connectivity index (χ4n) is 2.44. The van der Waals surface area contributed by atoms with Gasteiger partial charge in [-0.15, -0.1) is 0 Å². The summed E-state index contributed by atoms with van der Waals surface area (Å²) in [6.45, 7) is 4.06. The van der Waals surface area contributed by atoms with Gasteiger partial charge < -0.3 is 5.32 Å². The topological polar surface area (TPSA) is 42.0 Å². The molecule has 3 nitrogen and oxygen atoms in total. The third-order valence-electron chi connectivity index (χ3n) is 3.82. The molecule has 1 aromatic heterocycles. The molecule has 1 N–H and O–H groups in total. The molecule has 2 rings (SSSR count). The van der Waals surface area contributed by atoms with Crippen LogP contribution in [0, 0.1) is 6.92 Å². The van der Waals surface area contributed by atoms with E-state index in [4.69, 9.17) is 11.6 Å². The van der Waals surface area contributed by atoms with Gasteiger partial charge in [-0.25, -0.2) is 0 Å². The second-order valence-electron chi connectivity index (χ2n) is 5.77. The maximum absolute atomic E-state index is 12.1. The number of hydrogen-bond donors (Lipinski definition) is 1. The van der Waals surface area contributed by atoms with E-state index in [0.717, 1.165) is 35.5 Å². The lowest BCUT2D eigenvalue weighted by Gasteiger charge is -2.16. The standard InChI is InChI=1S/C19H23ClN2O/c1-3-17(18-12-7-14(2)13-21-18)22-19(23)6-4-5-15-8-10-16(20)11-9-15/h7-13,17H,3-6H2,1-2H3,(H,22,23)/t17-/m0/s1. The Kier molecular flexibility index (Phi) is 6.60. The normalized spacial score (nSPS) is 12.0. The number of carbonyl (C=O) groups excluding carboxylic acids is 1. The van der Waals surface area contributed by atoms with Crippen LogP contribution in [-0.4, -0.2) is 10.9 Å². The molecule has 0 aliphatic heterocycles. The Balaban J connectivity index is 1.80. The monoisotopic (exact) mass is 330 g/mol. The highest BCUT2D eigenvalue weighted by Gasteiger charge is 2.13. The van der Waals surface area contributed by atoms with Crippen molar-refractivity contribution in [3.05, 3.63) is 64.4 Å². The zero-order chi connectivity index (χ0) is 16.7. The molecule has 1 heterocycles. The molecule has 0 aliphatic carbocycles. The van der Waals surface area contributed by atoms with E-state index >= 15 is 0 Å². The molecule has 23 heavy (non-hydrogen) atoms. The molecule has 0 spiro atoms. The Morgan fingerprint density at radius 2 is 1.96 bits per heavy atom. The maximum Gasteiger partial charge on any atom is 0.220 e. The molecule has 122 valence electrons. The molecule has 2 aromatic rings. The van der Waals surface area contributed by atoms with Gasteiger partial charge >= 0.3 is 0 Å². The Bertz CT molecular complexity index is 623. The number of pyridine rings is 1. The Hall–Kier alpha value is -1.87. The summed E-state index contributed by atoms with van der Waals surface area (Å²) in [4.78, 5) is 16.5. The molecule has 4 heteroatoms. The van der Waals surface area contributed by atoms with Crippen LogP contribution in [0.25, 0.3) is 0 Å². The number of halogens is 1. The van der Waals surface area contributed by atoms with Crippen molar-refractivity contribution in [2.45, 2.75) is 45.6 Å². The van der Waals surface area contributed by atoms with Crippen LogP contribution in [0.2, 0.25) is 5.02 Å². The number of aromatic nitrogens is 1. The molecule has 0 radical (unpaired) electrons. The molecule has 1 amide bonds. The van der Waals surface area contributed by atoms with E-state index < -0.39 is 0 Å². The smallest absolute Gasteiger partial charge is 0.220 e. The molecule has 1 atom stereocenters. The third-order valence-corrected chi connectivity index (χ3v) is 4.07. The lowest BCUT2D eigenvalue weighted by molar-refractivity contribution is -0.122. The second kappa shape index (κ2) is 8.68. The summed E-state index contributed by atoms with van der Waals surface area (Å²) in [5.74, 6) is 0.0770. The molecule has 0 bridgehead atoms. The summed E-state index contributed by atoms with van der Waals surface area (Å²) in [5.41, 5.74) is 3.25. The van der Waals surface area contributed by atoms with Crippen molar-refractivity contribution >= 4 is 17.5 Å². The van der Waals surface area contributed by atoms with Crippen molar-refractivity contribution in [2.75, 3.05) is 0 Å². The SMILES string of the molecule is CC[C@H](NC(=O)CCCc1ccc(Cl)cc1)c1ccc(C)cn1. The van der Waals surface area contributed by atoms with E-state index in [-0.39, 0.29) is 11.9 Å². The van der Waals surface area contributed by atoms with E-state index in [1.807, 2.05) is 49.5 Å². The molecular formula is C19H23ClN2O. The van der Waals surface area contributed by atoms with Crippen LogP contribution in [-0.2, 0) is 11.2 Å². The van der Waals surface area contributed by atoms with Crippen LogP contribution in [0.3, 0.4) is 0 Å². The first-order valence-corrected chi connectivity index (χ1v) is 8.42. The summed E-state index contributed by atoms with van der Waals surface area (Å²) in [6.07, 6.45) is 4.89. The number of amides is 1. The third kappa shape index (κ3) is 5.68. The van der Waals surface area contributed by atoms with Gasteiger partial charge in [-0.1, -0.05) is 36.7 Å². The lowest BCUT2D eigenvalue weighted by atomic mass is 10.1. The molecule has 0 saturated carbocycles. The minimum absolute atomic E-state index is 0.0152. The van der Waals surface area contributed by atoms with Crippen molar-refractivity contribution < 1.29 is 4.79 Å². The Labute approximate surface area is 143 Å². The first-order valence-electron chi connectivity index (χ1n) is 8.05. The summed E-state index contributed by atoms with van der Waals surface area (Å²) in [5, 5.41) is 3.81. The highest BCUT2D eigenvalue weighted by atomic mass is 35.5. The first-order chi connectivity index (χ1) is 11.1. The molecule has 0 unspecified atom stereocenters. The number of benzene rings is 1. The van der Waals surface area contributed by atoms with Crippen LogP contribution in [0.5, 0.6) is 0 Å². The lowest BCUT2D eigenvalue weighted by Crippen LogP contribution is -2.28.